The van der Waals surface area contributed by atoms with Crippen LogP contribution in [0.4, 0.5) is 0 Å². The number of fused-ring (bicyclic) bond motifs is 1. The molecule has 0 spiro atoms. The van der Waals surface area contributed by atoms with Crippen molar-refractivity contribution in [2.24, 2.45) is 4.99 Å². The van der Waals surface area contributed by atoms with E-state index < -0.39 is 0 Å². The van der Waals surface area contributed by atoms with E-state index in [0.29, 0.717) is 18.7 Å². The van der Waals surface area contributed by atoms with Gasteiger partial charge in [-0.3, -0.25) is 9.59 Å². The standard InChI is InChI=1S/C12H12N2O2/c1-8(15)13-11-6-9-4-2-3-5-10(9)7-12(16)14-11/h2-5H,6-7H2,1H3,(H,13,14,15,16). The van der Waals surface area contributed by atoms with Gasteiger partial charge in [0.15, 0.2) is 0 Å². The Bertz CT molecular complexity index is 478. The van der Waals surface area contributed by atoms with E-state index in [2.05, 4.69) is 10.3 Å². The molecule has 0 saturated heterocycles. The van der Waals surface area contributed by atoms with Gasteiger partial charge in [-0.05, 0) is 11.1 Å². The Balaban J connectivity index is 2.32. The molecular formula is C12H12N2O2. The maximum Gasteiger partial charge on any atom is 0.251 e. The summed E-state index contributed by atoms with van der Waals surface area (Å²) in [5, 5.41) is 2.58. The third kappa shape index (κ3) is 2.34. The first kappa shape index (κ1) is 10.5. The number of benzene rings is 1. The van der Waals surface area contributed by atoms with Crippen LogP contribution in [0, 0.1) is 0 Å². The average molecular weight is 216 g/mol. The molecule has 0 aromatic heterocycles. The molecule has 0 bridgehead atoms. The second-order valence-electron chi connectivity index (χ2n) is 3.76. The van der Waals surface area contributed by atoms with E-state index in [9.17, 15) is 9.59 Å². The van der Waals surface area contributed by atoms with Crippen molar-refractivity contribution >= 4 is 17.6 Å². The van der Waals surface area contributed by atoms with Gasteiger partial charge in [0.05, 0.1) is 6.42 Å². The van der Waals surface area contributed by atoms with E-state index >= 15 is 0 Å². The molecule has 4 nitrogen and oxygen atoms in total. The summed E-state index contributed by atoms with van der Waals surface area (Å²) in [6.45, 7) is 1.41. The number of carbonyl (C=O) groups excluding carboxylic acids is 2. The third-order valence-electron chi connectivity index (χ3n) is 2.40. The Morgan fingerprint density at radius 1 is 1.25 bits per heavy atom. The molecule has 1 aliphatic rings. The van der Waals surface area contributed by atoms with Crippen molar-refractivity contribution in [3.8, 4) is 0 Å². The van der Waals surface area contributed by atoms with Gasteiger partial charge in [-0.1, -0.05) is 24.3 Å². The van der Waals surface area contributed by atoms with E-state index in [1.54, 1.807) is 0 Å². The van der Waals surface area contributed by atoms with Gasteiger partial charge in [-0.15, -0.1) is 0 Å². The van der Waals surface area contributed by atoms with Gasteiger partial charge in [0.25, 0.3) is 5.91 Å². The number of rotatable bonds is 0. The lowest BCUT2D eigenvalue weighted by Crippen LogP contribution is -2.30. The summed E-state index contributed by atoms with van der Waals surface area (Å²) in [6.07, 6.45) is 0.806. The minimum atomic E-state index is -0.214. The SMILES string of the molecule is CC(=O)NC1=NC(=O)Cc2ccccc2C1. The summed E-state index contributed by atoms with van der Waals surface area (Å²) < 4.78 is 0. The van der Waals surface area contributed by atoms with Crippen LogP contribution in [0.25, 0.3) is 0 Å². The summed E-state index contributed by atoms with van der Waals surface area (Å²) >= 11 is 0. The molecule has 1 aromatic carbocycles. The Hall–Kier alpha value is -1.97. The predicted octanol–water partition coefficient (Wildman–Crippen LogP) is 0.846. The quantitative estimate of drug-likeness (QED) is 0.698. The van der Waals surface area contributed by atoms with Crippen molar-refractivity contribution in [3.63, 3.8) is 0 Å². The number of nitrogens with one attached hydrogen (secondary N) is 1. The van der Waals surface area contributed by atoms with Gasteiger partial charge in [-0.25, -0.2) is 0 Å². The van der Waals surface area contributed by atoms with Crippen LogP contribution in [-0.4, -0.2) is 17.6 Å². The molecule has 2 rings (SSSR count). The Morgan fingerprint density at radius 3 is 2.50 bits per heavy atom. The first-order valence-corrected chi connectivity index (χ1v) is 5.10. The molecule has 1 aliphatic heterocycles. The maximum absolute atomic E-state index is 11.5. The zero-order valence-electron chi connectivity index (χ0n) is 8.99. The van der Waals surface area contributed by atoms with Crippen LogP contribution in [0.1, 0.15) is 18.1 Å². The second-order valence-corrected chi connectivity index (χ2v) is 3.76. The van der Waals surface area contributed by atoms with Gasteiger partial charge >= 0.3 is 0 Å². The molecule has 16 heavy (non-hydrogen) atoms. The van der Waals surface area contributed by atoms with Crippen LogP contribution in [-0.2, 0) is 22.4 Å². The second kappa shape index (κ2) is 4.26. The monoisotopic (exact) mass is 216 g/mol. The zero-order chi connectivity index (χ0) is 11.5. The van der Waals surface area contributed by atoms with Crippen molar-refractivity contribution < 1.29 is 9.59 Å². The number of nitrogens with zero attached hydrogens (tertiary/aromatic N) is 1. The van der Waals surface area contributed by atoms with E-state index in [-0.39, 0.29) is 11.8 Å². The summed E-state index contributed by atoms with van der Waals surface area (Å²) in [7, 11) is 0. The van der Waals surface area contributed by atoms with Crippen LogP contribution in [0.15, 0.2) is 29.3 Å². The number of hydrogen-bond acceptors (Lipinski definition) is 2. The smallest absolute Gasteiger partial charge is 0.251 e. The third-order valence-corrected chi connectivity index (χ3v) is 2.40. The van der Waals surface area contributed by atoms with Crippen molar-refractivity contribution in [3.05, 3.63) is 35.4 Å². The number of amidine groups is 1. The predicted molar refractivity (Wildman–Crippen MR) is 60.1 cm³/mol. The van der Waals surface area contributed by atoms with E-state index in [0.717, 1.165) is 11.1 Å². The number of hydrogen-bond donors (Lipinski definition) is 1. The van der Waals surface area contributed by atoms with Crippen LogP contribution >= 0.6 is 0 Å². The van der Waals surface area contributed by atoms with Crippen LogP contribution in [0.3, 0.4) is 0 Å². The summed E-state index contributed by atoms with van der Waals surface area (Å²) in [5.41, 5.74) is 2.03. The Labute approximate surface area is 93.4 Å². The Morgan fingerprint density at radius 2 is 1.88 bits per heavy atom. The highest BCUT2D eigenvalue weighted by molar-refractivity contribution is 6.04. The molecule has 1 heterocycles. The fraction of sp³-hybridized carbons (Fsp3) is 0.250. The zero-order valence-corrected chi connectivity index (χ0v) is 8.99. The average Bonchev–Trinajstić information content (AvgIpc) is 2.33. The largest absolute Gasteiger partial charge is 0.314 e. The lowest BCUT2D eigenvalue weighted by Gasteiger charge is -2.05. The minimum absolute atomic E-state index is 0.203. The highest BCUT2D eigenvalue weighted by Gasteiger charge is 2.15. The van der Waals surface area contributed by atoms with Gasteiger partial charge in [0, 0.05) is 13.3 Å². The van der Waals surface area contributed by atoms with E-state index in [1.165, 1.54) is 6.92 Å². The van der Waals surface area contributed by atoms with Gasteiger partial charge in [0.2, 0.25) is 5.91 Å². The van der Waals surface area contributed by atoms with Crippen molar-refractivity contribution in [1.82, 2.24) is 5.32 Å². The molecule has 0 unspecified atom stereocenters. The van der Waals surface area contributed by atoms with Crippen LogP contribution < -0.4 is 5.32 Å². The van der Waals surface area contributed by atoms with Gasteiger partial charge in [0.1, 0.15) is 5.84 Å². The summed E-state index contributed by atoms with van der Waals surface area (Å²) in [5.74, 6) is 0.0158. The first-order valence-electron chi connectivity index (χ1n) is 5.10. The molecule has 1 N–H and O–H groups in total. The molecule has 0 saturated carbocycles. The lowest BCUT2D eigenvalue weighted by molar-refractivity contribution is -0.117. The number of carbonyl (C=O) groups is 2. The van der Waals surface area contributed by atoms with E-state index in [1.807, 2.05) is 24.3 Å². The number of amides is 2. The molecule has 0 radical (unpaired) electrons. The fourth-order valence-corrected chi connectivity index (χ4v) is 1.75. The van der Waals surface area contributed by atoms with Gasteiger partial charge < -0.3 is 5.32 Å². The molecule has 0 atom stereocenters. The summed E-state index contributed by atoms with van der Waals surface area (Å²) in [4.78, 5) is 26.3. The van der Waals surface area contributed by atoms with Gasteiger partial charge in [-0.2, -0.15) is 4.99 Å². The highest BCUT2D eigenvalue weighted by atomic mass is 16.2. The van der Waals surface area contributed by atoms with E-state index in [4.69, 9.17) is 0 Å². The maximum atomic E-state index is 11.5. The molecule has 0 fully saturated rings. The number of aliphatic imine (C=N–C) groups is 1. The molecule has 0 aliphatic carbocycles. The molecule has 1 aromatic rings. The van der Waals surface area contributed by atoms with Crippen molar-refractivity contribution in [2.75, 3.05) is 0 Å². The fourth-order valence-electron chi connectivity index (χ4n) is 1.75. The minimum Gasteiger partial charge on any atom is -0.314 e. The lowest BCUT2D eigenvalue weighted by atomic mass is 10.0. The van der Waals surface area contributed by atoms with Crippen LogP contribution in [0.2, 0.25) is 0 Å². The first-order chi connectivity index (χ1) is 7.65. The van der Waals surface area contributed by atoms with Crippen LogP contribution in [0.5, 0.6) is 0 Å². The van der Waals surface area contributed by atoms with Crippen molar-refractivity contribution in [2.45, 2.75) is 19.8 Å². The molecule has 82 valence electrons. The highest BCUT2D eigenvalue weighted by Crippen LogP contribution is 2.14. The van der Waals surface area contributed by atoms with Crippen molar-refractivity contribution in [1.29, 1.82) is 0 Å². The Kier molecular flexibility index (Phi) is 2.81. The molecule has 2 amide bonds. The topological polar surface area (TPSA) is 58.5 Å². The normalized spacial score (nSPS) is 14.8. The molecule has 4 heteroatoms. The summed E-state index contributed by atoms with van der Waals surface area (Å²) in [6, 6.07) is 7.68. The molecular weight excluding hydrogens is 204 g/mol.